The zero-order valence-corrected chi connectivity index (χ0v) is 21.5. The van der Waals surface area contributed by atoms with E-state index in [2.05, 4.69) is 20.0 Å². The number of ether oxygens (including phenoxy) is 1. The van der Waals surface area contributed by atoms with Crippen LogP contribution in [0.4, 0.5) is 23.8 Å². The average Bonchev–Trinajstić information content (AvgIpc) is 3.47. The van der Waals surface area contributed by atoms with Crippen molar-refractivity contribution < 1.29 is 22.7 Å². The van der Waals surface area contributed by atoms with Crippen LogP contribution in [0.25, 0.3) is 27.8 Å². The fourth-order valence-corrected chi connectivity index (χ4v) is 4.61. The van der Waals surface area contributed by atoms with Crippen LogP contribution in [0.1, 0.15) is 20.8 Å². The first-order chi connectivity index (χ1) is 18.0. The molecule has 1 amide bonds. The lowest BCUT2D eigenvalue weighted by Gasteiger charge is -2.41. The van der Waals surface area contributed by atoms with Gasteiger partial charge in [0.2, 0.25) is 5.60 Å². The molecule has 0 saturated carbocycles. The van der Waals surface area contributed by atoms with Gasteiger partial charge in [-0.1, -0.05) is 30.3 Å². The summed E-state index contributed by atoms with van der Waals surface area (Å²) in [5.41, 5.74) is 0.879. The normalized spacial score (nSPS) is 16.8. The van der Waals surface area contributed by atoms with Gasteiger partial charge in [-0.05, 0) is 26.3 Å². The van der Waals surface area contributed by atoms with Gasteiger partial charge in [0.15, 0.2) is 5.65 Å². The molecule has 0 N–H and O–H groups in total. The van der Waals surface area contributed by atoms with E-state index in [1.165, 1.54) is 11.2 Å². The lowest BCUT2D eigenvalue weighted by molar-refractivity contribution is -0.246. The summed E-state index contributed by atoms with van der Waals surface area (Å²) in [6.07, 6.45) is 1.50. The number of aryl methyl sites for hydroxylation is 1. The Morgan fingerprint density at radius 2 is 1.82 bits per heavy atom. The van der Waals surface area contributed by atoms with Gasteiger partial charge >= 0.3 is 12.3 Å². The maximum absolute atomic E-state index is 13.2. The Morgan fingerprint density at radius 3 is 2.45 bits per heavy atom. The molecule has 200 valence electrons. The Hall–Kier alpha value is -4.09. The molecule has 0 bridgehead atoms. The predicted octanol–water partition coefficient (Wildman–Crippen LogP) is 4.81. The van der Waals surface area contributed by atoms with Gasteiger partial charge in [-0.2, -0.15) is 18.3 Å². The number of aromatic nitrogens is 5. The maximum atomic E-state index is 13.2. The SMILES string of the molecule is C[C@H]1CN(C(=O)OC(C)(C)C(F)(F)F)CCN1c1ncnc2c1c(-c1ccccc1)cn2-c1cnn(C)c1. The van der Waals surface area contributed by atoms with E-state index in [4.69, 9.17) is 4.74 Å². The molecule has 0 unspecified atom stereocenters. The minimum Gasteiger partial charge on any atom is -0.434 e. The van der Waals surface area contributed by atoms with Crippen LogP contribution in [0.5, 0.6) is 0 Å². The van der Waals surface area contributed by atoms with Gasteiger partial charge < -0.3 is 14.5 Å². The van der Waals surface area contributed by atoms with Gasteiger partial charge in [0, 0.05) is 50.7 Å². The molecule has 4 aromatic rings. The summed E-state index contributed by atoms with van der Waals surface area (Å²) < 4.78 is 48.3. The summed E-state index contributed by atoms with van der Waals surface area (Å²) in [6, 6.07) is 9.65. The zero-order chi connectivity index (χ0) is 27.2. The Labute approximate surface area is 217 Å². The number of piperazine rings is 1. The quantitative estimate of drug-likeness (QED) is 0.379. The Bertz CT molecular complexity index is 1460. The van der Waals surface area contributed by atoms with Crippen molar-refractivity contribution >= 4 is 22.9 Å². The molecule has 1 aliphatic rings. The number of carbonyl (C=O) groups excluding carboxylic acids is 1. The van der Waals surface area contributed by atoms with E-state index < -0.39 is 17.9 Å². The maximum Gasteiger partial charge on any atom is 0.427 e. The molecule has 1 aromatic carbocycles. The van der Waals surface area contributed by atoms with E-state index in [0.29, 0.717) is 18.0 Å². The molecular weight excluding hydrogens is 499 g/mol. The zero-order valence-electron chi connectivity index (χ0n) is 21.5. The topological polar surface area (TPSA) is 81.3 Å². The number of amides is 1. The van der Waals surface area contributed by atoms with Crippen molar-refractivity contribution in [3.8, 4) is 16.8 Å². The third kappa shape index (κ3) is 4.54. The van der Waals surface area contributed by atoms with Crippen molar-refractivity contribution in [1.29, 1.82) is 0 Å². The van der Waals surface area contributed by atoms with Gasteiger partial charge in [-0.3, -0.25) is 9.25 Å². The van der Waals surface area contributed by atoms with Crippen molar-refractivity contribution in [1.82, 2.24) is 29.2 Å². The first kappa shape index (κ1) is 25.6. The lowest BCUT2D eigenvalue weighted by atomic mass is 10.1. The van der Waals surface area contributed by atoms with E-state index in [-0.39, 0.29) is 19.1 Å². The number of alkyl halides is 3. The van der Waals surface area contributed by atoms with Crippen LogP contribution in [-0.2, 0) is 11.8 Å². The van der Waals surface area contributed by atoms with Crippen LogP contribution in [0.15, 0.2) is 55.2 Å². The highest BCUT2D eigenvalue weighted by molar-refractivity contribution is 6.02. The van der Waals surface area contributed by atoms with Crippen molar-refractivity contribution in [3.63, 3.8) is 0 Å². The van der Waals surface area contributed by atoms with Crippen molar-refractivity contribution in [3.05, 3.63) is 55.2 Å². The molecule has 5 rings (SSSR count). The Morgan fingerprint density at radius 1 is 1.08 bits per heavy atom. The molecule has 3 aromatic heterocycles. The number of rotatable bonds is 4. The molecule has 1 fully saturated rings. The molecule has 4 heterocycles. The summed E-state index contributed by atoms with van der Waals surface area (Å²) in [5.74, 6) is 0.688. The molecule has 0 radical (unpaired) electrons. The van der Waals surface area contributed by atoms with Crippen molar-refractivity contribution in [2.75, 3.05) is 24.5 Å². The fourth-order valence-electron chi connectivity index (χ4n) is 4.61. The van der Waals surface area contributed by atoms with E-state index >= 15 is 0 Å². The standard InChI is InChI=1S/C26H28F3N7O2/c1-17-13-34(24(37)38-25(2,3)26(27,28)29)10-11-35(17)22-21-20(18-8-6-5-7-9-18)15-36(23(21)31-16-30-22)19-12-32-33(4)14-19/h5-9,12,14-17H,10-11,13H2,1-4H3/t17-/m0/s1. The van der Waals surface area contributed by atoms with Gasteiger partial charge in [0.1, 0.15) is 12.1 Å². The van der Waals surface area contributed by atoms with Crippen molar-refractivity contribution in [2.45, 2.75) is 38.6 Å². The molecule has 12 heteroatoms. The molecule has 38 heavy (non-hydrogen) atoms. The number of hydrogen-bond donors (Lipinski definition) is 0. The summed E-state index contributed by atoms with van der Waals surface area (Å²) >= 11 is 0. The van der Waals surface area contributed by atoms with Crippen molar-refractivity contribution in [2.24, 2.45) is 7.05 Å². The summed E-state index contributed by atoms with van der Waals surface area (Å²) in [7, 11) is 1.84. The highest BCUT2D eigenvalue weighted by atomic mass is 19.4. The summed E-state index contributed by atoms with van der Waals surface area (Å²) in [6.45, 7) is 4.33. The number of carbonyl (C=O) groups is 1. The smallest absolute Gasteiger partial charge is 0.427 e. The number of fused-ring (bicyclic) bond motifs is 1. The van der Waals surface area contributed by atoms with Crippen LogP contribution in [0, 0.1) is 0 Å². The third-order valence-electron chi connectivity index (χ3n) is 6.80. The Balaban J connectivity index is 1.50. The largest absolute Gasteiger partial charge is 0.434 e. The monoisotopic (exact) mass is 527 g/mol. The number of nitrogens with zero attached hydrogens (tertiary/aromatic N) is 7. The summed E-state index contributed by atoms with van der Waals surface area (Å²) in [5, 5.41) is 5.13. The molecule has 9 nitrogen and oxygen atoms in total. The van der Waals surface area contributed by atoms with E-state index in [1.807, 2.05) is 61.3 Å². The van der Waals surface area contributed by atoms with Crippen LogP contribution in [0.2, 0.25) is 0 Å². The highest BCUT2D eigenvalue weighted by Gasteiger charge is 2.51. The van der Waals surface area contributed by atoms with Crippen LogP contribution in [-0.4, -0.2) is 72.8 Å². The molecule has 1 saturated heterocycles. The number of hydrogen-bond acceptors (Lipinski definition) is 6. The molecular formula is C26H28F3N7O2. The predicted molar refractivity (Wildman–Crippen MR) is 136 cm³/mol. The fraction of sp³-hybridized carbons (Fsp3) is 0.385. The summed E-state index contributed by atoms with van der Waals surface area (Å²) in [4.78, 5) is 25.2. The first-order valence-corrected chi connectivity index (χ1v) is 12.2. The second-order valence-electron chi connectivity index (χ2n) is 9.91. The van der Waals surface area contributed by atoms with Gasteiger partial charge in [-0.15, -0.1) is 0 Å². The van der Waals surface area contributed by atoms with E-state index in [1.54, 1.807) is 10.9 Å². The molecule has 1 aliphatic heterocycles. The second-order valence-corrected chi connectivity index (χ2v) is 9.91. The average molecular weight is 528 g/mol. The minimum atomic E-state index is -4.67. The molecule has 0 spiro atoms. The molecule has 1 atom stereocenters. The van der Waals surface area contributed by atoms with Gasteiger partial charge in [0.25, 0.3) is 0 Å². The van der Waals surface area contributed by atoms with Crippen LogP contribution < -0.4 is 4.90 Å². The third-order valence-corrected chi connectivity index (χ3v) is 6.80. The van der Waals surface area contributed by atoms with E-state index in [9.17, 15) is 18.0 Å². The minimum absolute atomic E-state index is 0.183. The van der Waals surface area contributed by atoms with Gasteiger partial charge in [-0.25, -0.2) is 14.8 Å². The first-order valence-electron chi connectivity index (χ1n) is 12.2. The van der Waals surface area contributed by atoms with E-state index in [0.717, 1.165) is 36.0 Å². The number of halogens is 3. The highest BCUT2D eigenvalue weighted by Crippen LogP contribution is 2.38. The van der Waals surface area contributed by atoms with Crippen LogP contribution >= 0.6 is 0 Å². The van der Waals surface area contributed by atoms with Crippen LogP contribution in [0.3, 0.4) is 0 Å². The Kier molecular flexibility index (Phi) is 6.28. The van der Waals surface area contributed by atoms with Gasteiger partial charge in [0.05, 0.1) is 17.3 Å². The molecule has 0 aliphatic carbocycles. The second kappa shape index (κ2) is 9.34. The number of benzene rings is 1. The lowest BCUT2D eigenvalue weighted by Crippen LogP contribution is -2.56. The number of anilines is 1.